The fraction of sp³-hybridized carbons (Fsp3) is 0.381. The Balaban J connectivity index is 1.35. The second kappa shape index (κ2) is 7.69. The first-order chi connectivity index (χ1) is 15.0. The number of aromatic nitrogens is 5. The van der Waals surface area contributed by atoms with Crippen LogP contribution in [0.2, 0.25) is 0 Å². The summed E-state index contributed by atoms with van der Waals surface area (Å²) in [5.74, 6) is 1.15. The molecule has 0 spiro atoms. The number of fused-ring (bicyclic) bond motifs is 1. The molecule has 0 N–H and O–H groups in total. The third-order valence-corrected chi connectivity index (χ3v) is 5.65. The van der Waals surface area contributed by atoms with Crippen LogP contribution in [0.25, 0.3) is 22.3 Å². The van der Waals surface area contributed by atoms with Gasteiger partial charge in [0.2, 0.25) is 11.7 Å². The summed E-state index contributed by atoms with van der Waals surface area (Å²) in [4.78, 5) is 19.4. The van der Waals surface area contributed by atoms with E-state index in [0.717, 1.165) is 19.4 Å². The van der Waals surface area contributed by atoms with E-state index in [1.54, 1.807) is 19.1 Å². The first-order valence-electron chi connectivity index (χ1n) is 10.1. The quantitative estimate of drug-likeness (QED) is 0.493. The number of nitrogens with zero attached hydrogens (tertiary/aromatic N) is 6. The molecule has 9 nitrogen and oxygen atoms in total. The van der Waals surface area contributed by atoms with Crippen LogP contribution in [0.5, 0.6) is 0 Å². The number of hydrogen-bond donors (Lipinski definition) is 0. The largest absolute Gasteiger partial charge is 0.360 e. The lowest BCUT2D eigenvalue weighted by Crippen LogP contribution is -2.39. The van der Waals surface area contributed by atoms with Gasteiger partial charge in [-0.25, -0.2) is 9.07 Å². The molecule has 4 heterocycles. The van der Waals surface area contributed by atoms with E-state index in [1.807, 2.05) is 6.92 Å². The molecule has 4 aromatic rings. The highest BCUT2D eigenvalue weighted by Crippen LogP contribution is 2.28. The van der Waals surface area contributed by atoms with E-state index < -0.39 is 0 Å². The summed E-state index contributed by atoms with van der Waals surface area (Å²) in [6.07, 6.45) is 1.81. The zero-order valence-electron chi connectivity index (χ0n) is 17.2. The van der Waals surface area contributed by atoms with Crippen molar-refractivity contribution < 1.29 is 13.4 Å². The maximum atomic E-state index is 13.5. The van der Waals surface area contributed by atoms with E-state index in [1.165, 1.54) is 16.8 Å². The zero-order valence-corrected chi connectivity index (χ0v) is 17.2. The van der Waals surface area contributed by atoms with Gasteiger partial charge in [-0.15, -0.1) is 0 Å². The lowest BCUT2D eigenvalue weighted by molar-refractivity contribution is 0.141. The Kier molecular flexibility index (Phi) is 4.85. The summed E-state index contributed by atoms with van der Waals surface area (Å²) in [5.41, 5.74) is 1.31. The predicted octanol–water partition coefficient (Wildman–Crippen LogP) is 3.03. The smallest absolute Gasteiger partial charge is 0.298 e. The molecule has 10 heteroatoms. The van der Waals surface area contributed by atoms with Crippen molar-refractivity contribution in [2.24, 2.45) is 0 Å². The SMILES string of the molecule is Cc1nn(CN2CCCC(c3nc(-c4cccc(F)c4)no3)C2)c(=O)c2noc(C)c12. The average Bonchev–Trinajstić information content (AvgIpc) is 3.40. The van der Waals surface area contributed by atoms with Gasteiger partial charge < -0.3 is 9.05 Å². The first kappa shape index (κ1) is 19.6. The normalized spacial score (nSPS) is 17.5. The van der Waals surface area contributed by atoms with E-state index in [2.05, 4.69) is 25.3 Å². The number of hydrogen-bond acceptors (Lipinski definition) is 8. The molecule has 1 aliphatic heterocycles. The monoisotopic (exact) mass is 424 g/mol. The van der Waals surface area contributed by atoms with E-state index in [0.29, 0.717) is 52.8 Å². The maximum Gasteiger partial charge on any atom is 0.298 e. The minimum absolute atomic E-state index is 0.0263. The molecule has 5 rings (SSSR count). The lowest BCUT2D eigenvalue weighted by Gasteiger charge is -2.30. The van der Waals surface area contributed by atoms with Gasteiger partial charge in [-0.1, -0.05) is 22.4 Å². The molecule has 1 atom stereocenters. The molecule has 31 heavy (non-hydrogen) atoms. The van der Waals surface area contributed by atoms with Crippen LogP contribution in [0.4, 0.5) is 4.39 Å². The van der Waals surface area contributed by atoms with Gasteiger partial charge in [0.25, 0.3) is 5.56 Å². The molecule has 0 radical (unpaired) electrons. The summed E-state index contributed by atoms with van der Waals surface area (Å²) >= 11 is 0. The minimum atomic E-state index is -0.347. The van der Waals surface area contributed by atoms with Gasteiger partial charge in [-0.05, 0) is 45.4 Å². The lowest BCUT2D eigenvalue weighted by atomic mass is 9.98. The minimum Gasteiger partial charge on any atom is -0.360 e. The fourth-order valence-electron chi connectivity index (χ4n) is 4.16. The van der Waals surface area contributed by atoms with Crippen molar-refractivity contribution in [1.29, 1.82) is 0 Å². The van der Waals surface area contributed by atoms with Gasteiger partial charge >= 0.3 is 0 Å². The van der Waals surface area contributed by atoms with Crippen molar-refractivity contribution in [2.75, 3.05) is 13.1 Å². The van der Waals surface area contributed by atoms with Gasteiger partial charge in [0.15, 0.2) is 5.52 Å². The van der Waals surface area contributed by atoms with Gasteiger partial charge in [0, 0.05) is 12.1 Å². The Bertz CT molecular complexity index is 1310. The number of likely N-dealkylation sites (tertiary alicyclic amines) is 1. The summed E-state index contributed by atoms with van der Waals surface area (Å²) in [6.45, 7) is 5.42. The second-order valence-corrected chi connectivity index (χ2v) is 7.88. The van der Waals surface area contributed by atoms with Crippen LogP contribution in [-0.4, -0.2) is 43.1 Å². The molecule has 0 saturated carbocycles. The van der Waals surface area contributed by atoms with Crippen molar-refractivity contribution in [3.05, 3.63) is 57.8 Å². The molecule has 1 saturated heterocycles. The molecular weight excluding hydrogens is 403 g/mol. The van der Waals surface area contributed by atoms with Crippen molar-refractivity contribution >= 4 is 10.9 Å². The zero-order chi connectivity index (χ0) is 21.5. The molecule has 0 amide bonds. The highest BCUT2D eigenvalue weighted by molar-refractivity contribution is 5.81. The number of piperidine rings is 1. The van der Waals surface area contributed by atoms with Gasteiger partial charge in [0.05, 0.1) is 23.7 Å². The van der Waals surface area contributed by atoms with Crippen molar-refractivity contribution in [2.45, 2.75) is 39.3 Å². The second-order valence-electron chi connectivity index (χ2n) is 7.88. The summed E-state index contributed by atoms with van der Waals surface area (Å²) in [6, 6.07) is 6.11. The molecule has 160 valence electrons. The number of halogens is 1. The van der Waals surface area contributed by atoms with E-state index in [-0.39, 0.29) is 17.3 Å². The molecule has 1 fully saturated rings. The highest BCUT2D eigenvalue weighted by Gasteiger charge is 2.27. The Hall–Kier alpha value is -3.40. The summed E-state index contributed by atoms with van der Waals surface area (Å²) in [7, 11) is 0. The number of aryl methyl sites for hydroxylation is 2. The topological polar surface area (TPSA) is 103 Å². The van der Waals surface area contributed by atoms with Crippen LogP contribution >= 0.6 is 0 Å². The number of benzene rings is 1. The molecule has 0 bridgehead atoms. The number of rotatable bonds is 4. The predicted molar refractivity (Wildman–Crippen MR) is 109 cm³/mol. The van der Waals surface area contributed by atoms with E-state index in [4.69, 9.17) is 9.05 Å². The van der Waals surface area contributed by atoms with Gasteiger partial charge in [0.1, 0.15) is 11.6 Å². The Morgan fingerprint density at radius 2 is 2.10 bits per heavy atom. The Morgan fingerprint density at radius 3 is 2.94 bits per heavy atom. The summed E-state index contributed by atoms with van der Waals surface area (Å²) in [5, 5.41) is 13.1. The van der Waals surface area contributed by atoms with Gasteiger partial charge in [-0.3, -0.25) is 9.69 Å². The average molecular weight is 424 g/mol. The molecule has 3 aromatic heterocycles. The van der Waals surface area contributed by atoms with Crippen LogP contribution in [0, 0.1) is 19.7 Å². The third-order valence-electron chi connectivity index (χ3n) is 5.65. The molecule has 1 aromatic carbocycles. The highest BCUT2D eigenvalue weighted by atomic mass is 19.1. The van der Waals surface area contributed by atoms with Gasteiger partial charge in [-0.2, -0.15) is 10.1 Å². The van der Waals surface area contributed by atoms with Crippen molar-refractivity contribution in [3.8, 4) is 11.4 Å². The van der Waals surface area contributed by atoms with Crippen molar-refractivity contribution in [1.82, 2.24) is 30.0 Å². The van der Waals surface area contributed by atoms with Crippen LogP contribution in [0.15, 0.2) is 38.1 Å². The Morgan fingerprint density at radius 1 is 1.23 bits per heavy atom. The van der Waals surface area contributed by atoms with Crippen LogP contribution < -0.4 is 5.56 Å². The van der Waals surface area contributed by atoms with Crippen LogP contribution in [0.3, 0.4) is 0 Å². The standard InChI is InChI=1S/C21H21FN6O3/c1-12-17-13(2)30-25-18(17)21(29)28(24-12)11-27-8-4-6-15(10-27)20-23-19(26-31-20)14-5-3-7-16(22)9-14/h3,5,7,9,15H,4,6,8,10-11H2,1-2H3. The van der Waals surface area contributed by atoms with E-state index >= 15 is 0 Å². The van der Waals surface area contributed by atoms with Crippen LogP contribution in [0.1, 0.15) is 36.1 Å². The first-order valence-corrected chi connectivity index (χ1v) is 10.1. The maximum absolute atomic E-state index is 13.5. The summed E-state index contributed by atoms with van der Waals surface area (Å²) < 4.78 is 25.6. The third kappa shape index (κ3) is 3.63. The molecular formula is C21H21FN6O3. The molecule has 1 unspecified atom stereocenters. The van der Waals surface area contributed by atoms with E-state index in [9.17, 15) is 9.18 Å². The van der Waals surface area contributed by atoms with Crippen molar-refractivity contribution in [3.63, 3.8) is 0 Å². The fourth-order valence-corrected chi connectivity index (χ4v) is 4.16. The molecule has 0 aliphatic carbocycles. The van der Waals surface area contributed by atoms with Crippen LogP contribution in [-0.2, 0) is 6.67 Å². The Labute approximate surface area is 176 Å². The molecule has 1 aliphatic rings.